The van der Waals surface area contributed by atoms with E-state index in [1.54, 1.807) is 0 Å². The Hall–Kier alpha value is -1.17. The SMILES string of the molecule is Cc1cccc2c1[PH](O)(C(C)(C)C)CC1=CC2C=CC=C1. The second-order valence-electron chi connectivity index (χ2n) is 7.34. The molecule has 0 amide bonds. The molecule has 2 heteroatoms. The predicted molar refractivity (Wildman–Crippen MR) is 95.1 cm³/mol. The van der Waals surface area contributed by atoms with E-state index in [4.69, 9.17) is 0 Å². The number of fused-ring (bicyclic) bond motifs is 3. The fraction of sp³-hybridized carbons (Fsp3) is 0.368. The van der Waals surface area contributed by atoms with Crippen LogP contribution in [0, 0.1) is 6.92 Å². The molecule has 112 valence electrons. The van der Waals surface area contributed by atoms with Crippen LogP contribution in [0.25, 0.3) is 0 Å². The summed E-state index contributed by atoms with van der Waals surface area (Å²) in [4.78, 5) is 11.8. The summed E-state index contributed by atoms with van der Waals surface area (Å²) in [6, 6.07) is 6.47. The van der Waals surface area contributed by atoms with Crippen molar-refractivity contribution in [3.63, 3.8) is 0 Å². The van der Waals surface area contributed by atoms with Crippen molar-refractivity contribution in [1.82, 2.24) is 0 Å². The Morgan fingerprint density at radius 2 is 1.95 bits per heavy atom. The zero-order valence-corrected chi connectivity index (χ0v) is 14.4. The van der Waals surface area contributed by atoms with Crippen LogP contribution in [-0.2, 0) is 0 Å². The van der Waals surface area contributed by atoms with Gasteiger partial charge in [0.1, 0.15) is 0 Å². The van der Waals surface area contributed by atoms with Gasteiger partial charge in [-0.05, 0) is 0 Å². The van der Waals surface area contributed by atoms with Gasteiger partial charge in [-0.2, -0.15) is 0 Å². The molecule has 1 atom stereocenters. The van der Waals surface area contributed by atoms with Gasteiger partial charge in [-0.1, -0.05) is 0 Å². The molecule has 2 aliphatic rings. The van der Waals surface area contributed by atoms with Gasteiger partial charge in [0, 0.05) is 0 Å². The van der Waals surface area contributed by atoms with Gasteiger partial charge >= 0.3 is 128 Å². The molecule has 0 saturated heterocycles. The van der Waals surface area contributed by atoms with Crippen LogP contribution in [0.1, 0.15) is 37.8 Å². The minimum atomic E-state index is -2.62. The van der Waals surface area contributed by atoms with Crippen molar-refractivity contribution in [1.29, 1.82) is 0 Å². The van der Waals surface area contributed by atoms with Crippen molar-refractivity contribution >= 4 is 12.8 Å². The van der Waals surface area contributed by atoms with Crippen molar-refractivity contribution in [2.24, 2.45) is 0 Å². The Bertz CT molecular complexity index is 661. The van der Waals surface area contributed by atoms with Gasteiger partial charge in [0.15, 0.2) is 0 Å². The third-order valence-electron chi connectivity index (χ3n) is 4.91. The first-order chi connectivity index (χ1) is 9.83. The number of hydrogen-bond acceptors (Lipinski definition) is 1. The Labute approximate surface area is 128 Å². The third kappa shape index (κ3) is 2.33. The zero-order chi connectivity index (χ0) is 15.3. The summed E-state index contributed by atoms with van der Waals surface area (Å²) >= 11 is 0. The zero-order valence-electron chi connectivity index (χ0n) is 13.4. The summed E-state index contributed by atoms with van der Waals surface area (Å²) in [6.45, 7) is 8.73. The van der Waals surface area contributed by atoms with Crippen molar-refractivity contribution < 1.29 is 4.89 Å². The molecule has 0 spiro atoms. The fourth-order valence-corrected chi connectivity index (χ4v) is 7.32. The van der Waals surface area contributed by atoms with E-state index in [2.05, 4.69) is 76.3 Å². The molecule has 2 bridgehead atoms. The topological polar surface area (TPSA) is 20.2 Å². The first kappa shape index (κ1) is 14.8. The molecule has 1 aliphatic carbocycles. The van der Waals surface area contributed by atoms with Crippen molar-refractivity contribution in [3.8, 4) is 0 Å². The van der Waals surface area contributed by atoms with Crippen LogP contribution >= 0.6 is 7.49 Å². The number of aryl methyl sites for hydroxylation is 1. The van der Waals surface area contributed by atoms with E-state index >= 15 is 0 Å². The van der Waals surface area contributed by atoms with Gasteiger partial charge in [-0.25, -0.2) is 0 Å². The van der Waals surface area contributed by atoms with Crippen molar-refractivity contribution in [3.05, 3.63) is 65.3 Å². The quantitative estimate of drug-likeness (QED) is 0.711. The number of allylic oxidation sites excluding steroid dienone is 6. The van der Waals surface area contributed by atoms with Gasteiger partial charge in [0.25, 0.3) is 0 Å². The number of rotatable bonds is 0. The maximum atomic E-state index is 11.8. The predicted octanol–water partition coefficient (Wildman–Crippen LogP) is 4.23. The first-order valence-corrected chi connectivity index (χ1v) is 9.86. The summed E-state index contributed by atoms with van der Waals surface area (Å²) in [5.74, 6) is 0.286. The monoisotopic (exact) mass is 300 g/mol. The molecule has 3 rings (SSSR count). The molecule has 0 aromatic heterocycles. The van der Waals surface area contributed by atoms with Crippen LogP contribution in [-0.4, -0.2) is 16.2 Å². The summed E-state index contributed by atoms with van der Waals surface area (Å²) in [5.41, 5.74) is 3.83. The van der Waals surface area contributed by atoms with E-state index in [-0.39, 0.29) is 11.1 Å². The molecule has 1 unspecified atom stereocenters. The summed E-state index contributed by atoms with van der Waals surface area (Å²) in [7, 11) is -2.62. The van der Waals surface area contributed by atoms with Crippen LogP contribution in [0.2, 0.25) is 0 Å². The Morgan fingerprint density at radius 3 is 2.67 bits per heavy atom. The number of hydrogen-bond donors (Lipinski definition) is 1. The maximum absolute atomic E-state index is 11.8. The van der Waals surface area contributed by atoms with E-state index in [0.717, 1.165) is 6.16 Å². The van der Waals surface area contributed by atoms with Gasteiger partial charge in [-0.15, -0.1) is 0 Å². The molecule has 1 aromatic rings. The van der Waals surface area contributed by atoms with Crippen molar-refractivity contribution in [2.45, 2.75) is 38.8 Å². The molecular weight excluding hydrogens is 275 g/mol. The van der Waals surface area contributed by atoms with E-state index in [1.165, 1.54) is 22.0 Å². The van der Waals surface area contributed by atoms with E-state index in [0.29, 0.717) is 0 Å². The number of benzene rings is 1. The molecule has 1 nitrogen and oxygen atoms in total. The standard InChI is InChI=1S/C19H25OP/c1-14-8-7-11-17-16-10-6-5-9-15(12-16)13-21(20,18(14)17)19(2,3)4/h5-12,16,20-21H,13H2,1-4H3. The molecule has 0 radical (unpaired) electrons. The van der Waals surface area contributed by atoms with E-state index < -0.39 is 7.49 Å². The van der Waals surface area contributed by atoms with Gasteiger partial charge in [0.2, 0.25) is 0 Å². The molecule has 0 fully saturated rings. The molecule has 1 N–H and O–H groups in total. The van der Waals surface area contributed by atoms with Crippen LogP contribution < -0.4 is 5.30 Å². The van der Waals surface area contributed by atoms with Gasteiger partial charge in [0.05, 0.1) is 0 Å². The fourth-order valence-electron chi connectivity index (χ4n) is 3.57. The van der Waals surface area contributed by atoms with Crippen LogP contribution in [0.15, 0.2) is 54.2 Å². The average molecular weight is 300 g/mol. The minimum absolute atomic E-state index is 0.0847. The average Bonchev–Trinajstić information content (AvgIpc) is 2.68. The molecule has 0 saturated carbocycles. The molecule has 1 aromatic carbocycles. The van der Waals surface area contributed by atoms with Gasteiger partial charge in [-0.3, -0.25) is 0 Å². The first-order valence-electron chi connectivity index (χ1n) is 7.71. The Morgan fingerprint density at radius 1 is 1.19 bits per heavy atom. The van der Waals surface area contributed by atoms with Crippen LogP contribution in [0.5, 0.6) is 0 Å². The molecule has 21 heavy (non-hydrogen) atoms. The third-order valence-corrected chi connectivity index (χ3v) is 9.82. The van der Waals surface area contributed by atoms with E-state index in [1.807, 2.05) is 0 Å². The van der Waals surface area contributed by atoms with Crippen LogP contribution in [0.3, 0.4) is 0 Å². The molecule has 1 heterocycles. The summed E-state index contributed by atoms with van der Waals surface area (Å²) in [5, 5.41) is 1.17. The summed E-state index contributed by atoms with van der Waals surface area (Å²) < 4.78 is 0. The normalized spacial score (nSPS) is 24.6. The van der Waals surface area contributed by atoms with Gasteiger partial charge < -0.3 is 0 Å². The molecular formula is C19H25OP. The Kier molecular flexibility index (Phi) is 3.47. The van der Waals surface area contributed by atoms with Crippen LogP contribution in [0.4, 0.5) is 0 Å². The second kappa shape index (κ2) is 4.93. The second-order valence-corrected chi connectivity index (χ2v) is 11.4. The van der Waals surface area contributed by atoms with Crippen molar-refractivity contribution in [2.75, 3.05) is 6.16 Å². The summed E-state index contributed by atoms with van der Waals surface area (Å²) in [6.07, 6.45) is 11.8. The van der Waals surface area contributed by atoms with E-state index in [9.17, 15) is 4.89 Å². The molecule has 1 aliphatic heterocycles. The Balaban J connectivity index is 2.32.